The summed E-state index contributed by atoms with van der Waals surface area (Å²) in [7, 11) is 0. The first-order chi connectivity index (χ1) is 13.0. The van der Waals surface area contributed by atoms with Crippen molar-refractivity contribution in [3.05, 3.63) is 82.7 Å². The van der Waals surface area contributed by atoms with Gasteiger partial charge in [0, 0.05) is 28.2 Å². The first-order valence-electron chi connectivity index (χ1n) is 8.71. The summed E-state index contributed by atoms with van der Waals surface area (Å²) in [5.74, 6) is -0.337. The Balaban J connectivity index is 1.62. The second kappa shape index (κ2) is 6.61. The molecule has 0 radical (unpaired) electrons. The molecule has 2 aromatic carbocycles. The Bertz CT molecular complexity index is 1080. The van der Waals surface area contributed by atoms with Gasteiger partial charge in [-0.1, -0.05) is 24.3 Å². The molecule has 0 spiro atoms. The van der Waals surface area contributed by atoms with Gasteiger partial charge in [-0.3, -0.25) is 9.59 Å². The van der Waals surface area contributed by atoms with Crippen molar-refractivity contribution in [3.8, 4) is 0 Å². The van der Waals surface area contributed by atoms with Crippen molar-refractivity contribution in [2.45, 2.75) is 13.8 Å². The molecule has 0 bridgehead atoms. The van der Waals surface area contributed by atoms with Gasteiger partial charge >= 0.3 is 0 Å². The molecule has 1 aliphatic rings. The Morgan fingerprint density at radius 1 is 1.04 bits per heavy atom. The molecule has 5 nitrogen and oxygen atoms in total. The molecule has 134 valence electrons. The zero-order valence-electron chi connectivity index (χ0n) is 15.1. The number of fused-ring (bicyclic) bond motifs is 1. The van der Waals surface area contributed by atoms with Gasteiger partial charge in [-0.05, 0) is 55.8 Å². The highest BCUT2D eigenvalue weighted by Gasteiger charge is 2.25. The second-order valence-electron chi connectivity index (χ2n) is 6.64. The van der Waals surface area contributed by atoms with Crippen LogP contribution in [0.15, 0.2) is 54.6 Å². The molecule has 0 atom stereocenters. The summed E-state index contributed by atoms with van der Waals surface area (Å²) >= 11 is 0. The third-order valence-electron chi connectivity index (χ3n) is 4.57. The van der Waals surface area contributed by atoms with E-state index in [1.807, 2.05) is 50.3 Å². The van der Waals surface area contributed by atoms with Gasteiger partial charge in [0.15, 0.2) is 0 Å². The molecule has 3 aromatic rings. The fourth-order valence-electron chi connectivity index (χ4n) is 3.25. The molecule has 0 saturated carbocycles. The van der Waals surface area contributed by atoms with E-state index in [9.17, 15) is 9.59 Å². The molecule has 0 unspecified atom stereocenters. The van der Waals surface area contributed by atoms with Gasteiger partial charge in [-0.25, -0.2) is 0 Å². The monoisotopic (exact) mass is 357 g/mol. The van der Waals surface area contributed by atoms with Crippen LogP contribution in [0.25, 0.3) is 11.6 Å². The number of aromatic amines is 1. The zero-order valence-corrected chi connectivity index (χ0v) is 15.1. The third-order valence-corrected chi connectivity index (χ3v) is 4.57. The molecular weight excluding hydrogens is 338 g/mol. The smallest absolute Gasteiger partial charge is 0.256 e. The second-order valence-corrected chi connectivity index (χ2v) is 6.64. The van der Waals surface area contributed by atoms with Crippen LogP contribution < -0.4 is 10.6 Å². The van der Waals surface area contributed by atoms with Crippen molar-refractivity contribution in [1.29, 1.82) is 0 Å². The highest BCUT2D eigenvalue weighted by molar-refractivity contribution is 6.35. The average Bonchev–Trinajstić information content (AvgIpc) is 3.14. The average molecular weight is 357 g/mol. The van der Waals surface area contributed by atoms with Gasteiger partial charge in [-0.15, -0.1) is 0 Å². The van der Waals surface area contributed by atoms with E-state index in [0.717, 1.165) is 22.5 Å². The van der Waals surface area contributed by atoms with Crippen LogP contribution >= 0.6 is 0 Å². The lowest BCUT2D eigenvalue weighted by atomic mass is 10.0. The SMILES string of the molecule is Cc1cc(C)c(C=C2C(=O)Nc3cc(NC(=O)c4ccccc4)ccc32)[nH]1. The van der Waals surface area contributed by atoms with Crippen LogP contribution in [0.4, 0.5) is 11.4 Å². The first kappa shape index (κ1) is 16.8. The lowest BCUT2D eigenvalue weighted by Gasteiger charge is -2.07. The molecule has 1 aliphatic heterocycles. The molecule has 5 heteroatoms. The van der Waals surface area contributed by atoms with E-state index in [1.165, 1.54) is 0 Å². The van der Waals surface area contributed by atoms with E-state index >= 15 is 0 Å². The van der Waals surface area contributed by atoms with Crippen LogP contribution in [0.3, 0.4) is 0 Å². The maximum atomic E-state index is 12.4. The maximum absolute atomic E-state index is 12.4. The van der Waals surface area contributed by atoms with Crippen LogP contribution in [0.5, 0.6) is 0 Å². The number of hydrogen-bond donors (Lipinski definition) is 3. The van der Waals surface area contributed by atoms with E-state index in [-0.39, 0.29) is 11.8 Å². The molecule has 2 amide bonds. The number of carbonyl (C=O) groups is 2. The maximum Gasteiger partial charge on any atom is 0.256 e. The Morgan fingerprint density at radius 3 is 2.52 bits per heavy atom. The number of aromatic nitrogens is 1. The van der Waals surface area contributed by atoms with Crippen molar-refractivity contribution < 1.29 is 9.59 Å². The molecule has 0 saturated heterocycles. The summed E-state index contributed by atoms with van der Waals surface area (Å²) in [5, 5.41) is 5.74. The number of nitrogens with one attached hydrogen (secondary N) is 3. The Morgan fingerprint density at radius 2 is 1.81 bits per heavy atom. The van der Waals surface area contributed by atoms with Gasteiger partial charge in [0.25, 0.3) is 11.8 Å². The van der Waals surface area contributed by atoms with E-state index in [4.69, 9.17) is 0 Å². The topological polar surface area (TPSA) is 74.0 Å². The predicted molar refractivity (Wildman–Crippen MR) is 108 cm³/mol. The number of aryl methyl sites for hydroxylation is 2. The van der Waals surface area contributed by atoms with Crippen LogP contribution in [0.2, 0.25) is 0 Å². The minimum Gasteiger partial charge on any atom is -0.359 e. The van der Waals surface area contributed by atoms with Gasteiger partial charge in [0.05, 0.1) is 11.3 Å². The minimum absolute atomic E-state index is 0.150. The normalized spacial score (nSPS) is 14.1. The summed E-state index contributed by atoms with van der Waals surface area (Å²) in [6, 6.07) is 16.5. The number of H-pyrrole nitrogens is 1. The van der Waals surface area contributed by atoms with Gasteiger partial charge in [0.2, 0.25) is 0 Å². The summed E-state index contributed by atoms with van der Waals surface area (Å²) < 4.78 is 0. The molecule has 0 fully saturated rings. The van der Waals surface area contributed by atoms with Crippen LogP contribution in [-0.2, 0) is 4.79 Å². The van der Waals surface area contributed by atoms with E-state index in [0.29, 0.717) is 22.5 Å². The predicted octanol–water partition coefficient (Wildman–Crippen LogP) is 4.38. The highest BCUT2D eigenvalue weighted by Crippen LogP contribution is 2.35. The quantitative estimate of drug-likeness (QED) is 0.609. The van der Waals surface area contributed by atoms with Crippen molar-refractivity contribution in [2.75, 3.05) is 10.6 Å². The van der Waals surface area contributed by atoms with E-state index < -0.39 is 0 Å². The van der Waals surface area contributed by atoms with Crippen molar-refractivity contribution in [1.82, 2.24) is 4.98 Å². The molecule has 2 heterocycles. The van der Waals surface area contributed by atoms with Crippen molar-refractivity contribution in [3.63, 3.8) is 0 Å². The third kappa shape index (κ3) is 3.27. The van der Waals surface area contributed by atoms with Gasteiger partial charge in [-0.2, -0.15) is 0 Å². The Labute approximate surface area is 157 Å². The zero-order chi connectivity index (χ0) is 19.0. The van der Waals surface area contributed by atoms with Crippen LogP contribution in [-0.4, -0.2) is 16.8 Å². The van der Waals surface area contributed by atoms with Crippen molar-refractivity contribution in [2.24, 2.45) is 0 Å². The number of anilines is 2. The summed E-state index contributed by atoms with van der Waals surface area (Å²) in [4.78, 5) is 28.0. The summed E-state index contributed by atoms with van der Waals surface area (Å²) in [5.41, 5.74) is 6.41. The number of rotatable bonds is 3. The van der Waals surface area contributed by atoms with Gasteiger partial charge in [0.1, 0.15) is 0 Å². The van der Waals surface area contributed by atoms with E-state index in [2.05, 4.69) is 15.6 Å². The molecule has 0 aliphatic carbocycles. The van der Waals surface area contributed by atoms with Gasteiger partial charge < -0.3 is 15.6 Å². The van der Waals surface area contributed by atoms with E-state index in [1.54, 1.807) is 24.3 Å². The first-order valence-corrected chi connectivity index (χ1v) is 8.71. The number of benzene rings is 2. The molecule has 27 heavy (non-hydrogen) atoms. The standard InChI is InChI=1S/C22H19N3O2/c1-13-10-14(2)23-19(13)12-18-17-9-8-16(11-20(17)25-22(18)27)24-21(26)15-6-4-3-5-7-15/h3-12,23H,1-2H3,(H,24,26)(H,25,27). The minimum atomic E-state index is -0.187. The molecular formula is C22H19N3O2. The van der Waals surface area contributed by atoms with Crippen LogP contribution in [0, 0.1) is 13.8 Å². The highest BCUT2D eigenvalue weighted by atomic mass is 16.2. The Kier molecular flexibility index (Phi) is 4.12. The summed E-state index contributed by atoms with van der Waals surface area (Å²) in [6.07, 6.45) is 1.87. The number of amides is 2. The lowest BCUT2D eigenvalue weighted by Crippen LogP contribution is -2.11. The summed E-state index contributed by atoms with van der Waals surface area (Å²) in [6.45, 7) is 3.99. The molecule has 3 N–H and O–H groups in total. The number of hydrogen-bond acceptors (Lipinski definition) is 2. The lowest BCUT2D eigenvalue weighted by molar-refractivity contribution is -0.110. The molecule has 4 rings (SSSR count). The Hall–Kier alpha value is -3.60. The molecule has 1 aromatic heterocycles. The largest absolute Gasteiger partial charge is 0.359 e. The van der Waals surface area contributed by atoms with Crippen molar-refractivity contribution >= 4 is 34.8 Å². The number of carbonyl (C=O) groups excluding carboxylic acids is 2. The van der Waals surface area contributed by atoms with Crippen LogP contribution in [0.1, 0.15) is 32.9 Å². The fraction of sp³-hybridized carbons (Fsp3) is 0.0909. The fourth-order valence-corrected chi connectivity index (χ4v) is 3.25.